The largest absolute Gasteiger partial charge is 0.333 e. The lowest BCUT2D eigenvalue weighted by molar-refractivity contribution is -0.143. The van der Waals surface area contributed by atoms with E-state index in [1.165, 1.54) is 5.56 Å². The lowest BCUT2D eigenvalue weighted by Crippen LogP contribution is -2.58. The van der Waals surface area contributed by atoms with Crippen molar-refractivity contribution in [3.63, 3.8) is 0 Å². The van der Waals surface area contributed by atoms with Crippen LogP contribution in [-0.2, 0) is 4.79 Å². The first-order valence-electron chi connectivity index (χ1n) is 6.85. The number of carbonyl (C=O) groups is 1. The SMILES string of the molecule is CNCC1C(=O)N(C(C)c2ccccc2)CCN1C. The molecule has 1 aromatic rings. The van der Waals surface area contributed by atoms with Gasteiger partial charge in [-0.1, -0.05) is 30.3 Å². The Bertz CT molecular complexity index is 421. The van der Waals surface area contributed by atoms with Gasteiger partial charge in [0.25, 0.3) is 0 Å². The first kappa shape index (κ1) is 14.0. The van der Waals surface area contributed by atoms with Crippen LogP contribution in [0, 0.1) is 0 Å². The van der Waals surface area contributed by atoms with Crippen molar-refractivity contribution in [3.05, 3.63) is 35.9 Å². The Kier molecular flexibility index (Phi) is 4.56. The zero-order valence-corrected chi connectivity index (χ0v) is 12.0. The summed E-state index contributed by atoms with van der Waals surface area (Å²) >= 11 is 0. The summed E-state index contributed by atoms with van der Waals surface area (Å²) in [5.74, 6) is 0.222. The molecule has 1 saturated heterocycles. The van der Waals surface area contributed by atoms with Crippen LogP contribution in [0.4, 0.5) is 0 Å². The molecule has 1 aliphatic rings. The standard InChI is InChI=1S/C15H23N3O/c1-12(13-7-5-4-6-8-13)18-10-9-17(3)14(11-16-2)15(18)19/h4-8,12,14,16H,9-11H2,1-3H3. The summed E-state index contributed by atoms with van der Waals surface area (Å²) in [5.41, 5.74) is 1.20. The number of carbonyl (C=O) groups excluding carboxylic acids is 1. The molecule has 0 radical (unpaired) electrons. The van der Waals surface area contributed by atoms with E-state index in [2.05, 4.69) is 29.3 Å². The molecular weight excluding hydrogens is 238 g/mol. The van der Waals surface area contributed by atoms with Crippen LogP contribution in [0.5, 0.6) is 0 Å². The van der Waals surface area contributed by atoms with E-state index in [4.69, 9.17) is 0 Å². The molecule has 1 amide bonds. The fourth-order valence-corrected chi connectivity index (χ4v) is 2.64. The molecule has 1 N–H and O–H groups in total. The maximum atomic E-state index is 12.6. The second-order valence-electron chi connectivity index (χ2n) is 5.17. The summed E-state index contributed by atoms with van der Waals surface area (Å²) in [6.07, 6.45) is 0. The molecule has 4 nitrogen and oxygen atoms in total. The van der Waals surface area contributed by atoms with E-state index < -0.39 is 0 Å². The molecular formula is C15H23N3O. The molecule has 1 aromatic carbocycles. The van der Waals surface area contributed by atoms with Crippen LogP contribution in [0.25, 0.3) is 0 Å². The van der Waals surface area contributed by atoms with Gasteiger partial charge in [-0.15, -0.1) is 0 Å². The van der Waals surface area contributed by atoms with Gasteiger partial charge in [0.2, 0.25) is 5.91 Å². The lowest BCUT2D eigenvalue weighted by Gasteiger charge is -2.41. The van der Waals surface area contributed by atoms with Gasteiger partial charge in [-0.2, -0.15) is 0 Å². The number of hydrogen-bond acceptors (Lipinski definition) is 3. The van der Waals surface area contributed by atoms with Crippen LogP contribution in [0.1, 0.15) is 18.5 Å². The number of likely N-dealkylation sites (N-methyl/N-ethyl adjacent to an activating group) is 2. The quantitative estimate of drug-likeness (QED) is 0.882. The average molecular weight is 261 g/mol. The Morgan fingerprint density at radius 3 is 2.63 bits per heavy atom. The monoisotopic (exact) mass is 261 g/mol. The Morgan fingerprint density at radius 1 is 1.32 bits per heavy atom. The van der Waals surface area contributed by atoms with Crippen LogP contribution in [-0.4, -0.2) is 55.5 Å². The molecule has 0 bridgehead atoms. The normalized spacial score (nSPS) is 22.6. The van der Waals surface area contributed by atoms with Crippen LogP contribution < -0.4 is 5.32 Å². The number of amides is 1. The van der Waals surface area contributed by atoms with Crippen LogP contribution >= 0.6 is 0 Å². The first-order chi connectivity index (χ1) is 9.15. The Hall–Kier alpha value is -1.39. The van der Waals surface area contributed by atoms with Gasteiger partial charge in [-0.25, -0.2) is 0 Å². The summed E-state index contributed by atoms with van der Waals surface area (Å²) < 4.78 is 0. The number of nitrogens with one attached hydrogen (secondary N) is 1. The van der Waals surface area contributed by atoms with Crippen LogP contribution in [0.3, 0.4) is 0 Å². The van der Waals surface area contributed by atoms with Crippen molar-refractivity contribution in [1.82, 2.24) is 15.1 Å². The van der Waals surface area contributed by atoms with Gasteiger partial charge in [0.15, 0.2) is 0 Å². The molecule has 0 saturated carbocycles. The molecule has 2 unspecified atom stereocenters. The van der Waals surface area contributed by atoms with Gasteiger partial charge >= 0.3 is 0 Å². The second-order valence-corrected chi connectivity index (χ2v) is 5.17. The highest BCUT2D eigenvalue weighted by molar-refractivity contribution is 5.83. The Balaban J connectivity index is 2.14. The maximum Gasteiger partial charge on any atom is 0.241 e. The van der Waals surface area contributed by atoms with Gasteiger partial charge in [0, 0.05) is 19.6 Å². The first-order valence-corrected chi connectivity index (χ1v) is 6.85. The van der Waals surface area contributed by atoms with Gasteiger partial charge in [-0.05, 0) is 26.6 Å². The lowest BCUT2D eigenvalue weighted by atomic mass is 10.0. The van der Waals surface area contributed by atoms with Crippen molar-refractivity contribution >= 4 is 5.91 Å². The summed E-state index contributed by atoms with van der Waals surface area (Å²) in [6, 6.07) is 10.3. The van der Waals surface area contributed by atoms with Crippen molar-refractivity contribution in [1.29, 1.82) is 0 Å². The van der Waals surface area contributed by atoms with Gasteiger partial charge in [0.1, 0.15) is 6.04 Å². The molecule has 0 spiro atoms. The average Bonchev–Trinajstić information content (AvgIpc) is 2.44. The zero-order valence-electron chi connectivity index (χ0n) is 12.0. The van der Waals surface area contributed by atoms with E-state index in [-0.39, 0.29) is 18.0 Å². The smallest absolute Gasteiger partial charge is 0.241 e. The summed E-state index contributed by atoms with van der Waals surface area (Å²) in [4.78, 5) is 16.7. The predicted octanol–water partition coefficient (Wildman–Crippen LogP) is 1.11. The summed E-state index contributed by atoms with van der Waals surface area (Å²) in [5, 5.41) is 3.11. The van der Waals surface area contributed by atoms with Crippen molar-refractivity contribution in [2.24, 2.45) is 0 Å². The number of benzene rings is 1. The van der Waals surface area contributed by atoms with E-state index >= 15 is 0 Å². The molecule has 0 aromatic heterocycles. The highest BCUT2D eigenvalue weighted by Gasteiger charge is 2.34. The molecule has 1 heterocycles. The number of rotatable bonds is 4. The third kappa shape index (κ3) is 2.96. The molecule has 0 aliphatic carbocycles. The van der Waals surface area contributed by atoms with Crippen molar-refractivity contribution in [3.8, 4) is 0 Å². The van der Waals surface area contributed by atoms with E-state index in [1.807, 2.05) is 37.2 Å². The fraction of sp³-hybridized carbons (Fsp3) is 0.533. The Morgan fingerprint density at radius 2 is 2.00 bits per heavy atom. The zero-order chi connectivity index (χ0) is 13.8. The molecule has 104 valence electrons. The van der Waals surface area contributed by atoms with Crippen LogP contribution in [0.15, 0.2) is 30.3 Å². The summed E-state index contributed by atoms with van der Waals surface area (Å²) in [7, 11) is 3.91. The van der Waals surface area contributed by atoms with Gasteiger partial charge in [0.05, 0.1) is 6.04 Å². The topological polar surface area (TPSA) is 35.6 Å². The fourth-order valence-electron chi connectivity index (χ4n) is 2.64. The van der Waals surface area contributed by atoms with Crippen LogP contribution in [0.2, 0.25) is 0 Å². The van der Waals surface area contributed by atoms with Gasteiger partial charge in [-0.3, -0.25) is 9.69 Å². The predicted molar refractivity (Wildman–Crippen MR) is 76.9 cm³/mol. The summed E-state index contributed by atoms with van der Waals surface area (Å²) in [6.45, 7) is 4.53. The minimum absolute atomic E-state index is 0.0510. The maximum absolute atomic E-state index is 12.6. The van der Waals surface area contributed by atoms with E-state index in [0.717, 1.165) is 13.1 Å². The minimum Gasteiger partial charge on any atom is -0.333 e. The highest BCUT2D eigenvalue weighted by atomic mass is 16.2. The van der Waals surface area contributed by atoms with E-state index in [0.29, 0.717) is 6.54 Å². The number of nitrogens with zero attached hydrogens (tertiary/aromatic N) is 2. The van der Waals surface area contributed by atoms with E-state index in [1.54, 1.807) is 0 Å². The molecule has 1 aliphatic heterocycles. The van der Waals surface area contributed by atoms with Gasteiger partial charge < -0.3 is 10.2 Å². The van der Waals surface area contributed by atoms with E-state index in [9.17, 15) is 4.79 Å². The number of piperazine rings is 1. The van der Waals surface area contributed by atoms with Crippen molar-refractivity contribution in [2.45, 2.75) is 19.0 Å². The third-order valence-corrected chi connectivity index (χ3v) is 3.94. The third-order valence-electron chi connectivity index (χ3n) is 3.94. The molecule has 19 heavy (non-hydrogen) atoms. The molecule has 1 fully saturated rings. The molecule has 2 atom stereocenters. The number of hydrogen-bond donors (Lipinski definition) is 1. The van der Waals surface area contributed by atoms with Crippen molar-refractivity contribution < 1.29 is 4.79 Å². The van der Waals surface area contributed by atoms with Crippen molar-refractivity contribution in [2.75, 3.05) is 33.7 Å². The molecule has 2 rings (SSSR count). The minimum atomic E-state index is -0.0510. The second kappa shape index (κ2) is 6.17. The molecule has 4 heteroatoms. The Labute approximate surface area is 115 Å². The highest BCUT2D eigenvalue weighted by Crippen LogP contribution is 2.23.